The van der Waals surface area contributed by atoms with E-state index in [2.05, 4.69) is 10.1 Å². The van der Waals surface area contributed by atoms with Gasteiger partial charge in [0, 0.05) is 18.6 Å². The quantitative estimate of drug-likeness (QED) is 0.859. The Labute approximate surface area is 145 Å². The van der Waals surface area contributed by atoms with Crippen LogP contribution in [0.4, 0.5) is 14.5 Å². The lowest BCUT2D eigenvalue weighted by Crippen LogP contribution is -2.13. The van der Waals surface area contributed by atoms with Crippen LogP contribution >= 0.6 is 22.9 Å². The minimum absolute atomic E-state index is 0.0264. The van der Waals surface area contributed by atoms with Crippen LogP contribution in [0.3, 0.4) is 0 Å². The van der Waals surface area contributed by atoms with Crippen molar-refractivity contribution in [2.24, 2.45) is 0 Å². The summed E-state index contributed by atoms with van der Waals surface area (Å²) in [6.07, 6.45) is 0.734. The van der Waals surface area contributed by atoms with Gasteiger partial charge in [0.05, 0.1) is 23.9 Å². The van der Waals surface area contributed by atoms with Gasteiger partial charge in [-0.1, -0.05) is 11.6 Å². The van der Waals surface area contributed by atoms with E-state index < -0.39 is 12.5 Å². The molecule has 0 aliphatic carbocycles. The van der Waals surface area contributed by atoms with Gasteiger partial charge in [-0.3, -0.25) is 4.79 Å². The maximum atomic E-state index is 12.4. The summed E-state index contributed by atoms with van der Waals surface area (Å²) in [7, 11) is 0. The summed E-state index contributed by atoms with van der Waals surface area (Å²) in [6.45, 7) is -2.01. The molecule has 9 heteroatoms. The van der Waals surface area contributed by atoms with E-state index in [1.165, 1.54) is 11.4 Å². The highest BCUT2D eigenvalue weighted by Crippen LogP contribution is 2.38. The summed E-state index contributed by atoms with van der Waals surface area (Å²) < 4.78 is 40.1. The molecule has 128 valence electrons. The molecule has 0 saturated carbocycles. The summed E-state index contributed by atoms with van der Waals surface area (Å²) in [5.41, 5.74) is 0.294. The number of halogens is 3. The smallest absolute Gasteiger partial charge is 0.387 e. The molecule has 0 bridgehead atoms. The molecule has 5 nitrogen and oxygen atoms in total. The lowest BCUT2D eigenvalue weighted by Gasteiger charge is -2.12. The Balaban J connectivity index is 1.82. The lowest BCUT2D eigenvalue weighted by molar-refractivity contribution is -0.0498. The van der Waals surface area contributed by atoms with Gasteiger partial charge in [0.2, 0.25) is 0 Å². The third-order valence-electron chi connectivity index (χ3n) is 3.14. The van der Waals surface area contributed by atoms with Gasteiger partial charge in [-0.25, -0.2) is 0 Å². The first-order valence-electron chi connectivity index (χ1n) is 6.97. The number of carbonyl (C=O) groups excluding carboxylic acids is 1. The number of nitrogens with one attached hydrogen (secondary N) is 1. The fraction of sp³-hybridized carbons (Fsp3) is 0.267. The van der Waals surface area contributed by atoms with Crippen molar-refractivity contribution in [1.29, 1.82) is 0 Å². The molecule has 1 aromatic heterocycles. The number of carbonyl (C=O) groups is 1. The number of anilines is 1. The summed E-state index contributed by atoms with van der Waals surface area (Å²) in [5.74, 6) is 0.172. The van der Waals surface area contributed by atoms with E-state index in [1.807, 2.05) is 0 Å². The van der Waals surface area contributed by atoms with Crippen LogP contribution in [0.2, 0.25) is 5.02 Å². The predicted molar refractivity (Wildman–Crippen MR) is 86.0 cm³/mol. The number of fused-ring (bicyclic) bond motifs is 1. The second-order valence-electron chi connectivity index (χ2n) is 4.78. The standard InChI is InChI=1S/C15H12ClF2NO4S/c16-8-6-11-12(22-4-1-3-21-11)7-9(8)19-14(20)13-10(2-5-24-13)23-15(17)18/h2,5-7,15H,1,3-4H2,(H,19,20). The molecule has 1 amide bonds. The zero-order valence-electron chi connectivity index (χ0n) is 12.2. The molecule has 1 aliphatic rings. The van der Waals surface area contributed by atoms with Gasteiger partial charge in [0.15, 0.2) is 11.5 Å². The second-order valence-corrected chi connectivity index (χ2v) is 6.10. The zero-order valence-corrected chi connectivity index (χ0v) is 13.8. The molecular formula is C15H12ClF2NO4S. The molecule has 1 aliphatic heterocycles. The lowest BCUT2D eigenvalue weighted by atomic mass is 10.2. The van der Waals surface area contributed by atoms with Gasteiger partial charge < -0.3 is 19.5 Å². The maximum absolute atomic E-state index is 12.4. The summed E-state index contributed by atoms with van der Waals surface area (Å²) >= 11 is 7.13. The average Bonchev–Trinajstić information content (AvgIpc) is 2.86. The number of alkyl halides is 2. The molecule has 0 fully saturated rings. The molecule has 2 aromatic rings. The predicted octanol–water partition coefficient (Wildman–Crippen LogP) is 4.42. The van der Waals surface area contributed by atoms with Gasteiger partial charge in [0.25, 0.3) is 5.91 Å². The SMILES string of the molecule is O=C(Nc1cc2c(cc1Cl)OCCCO2)c1sccc1OC(F)F. The molecule has 2 heterocycles. The number of hydrogen-bond donors (Lipinski definition) is 1. The molecular weight excluding hydrogens is 364 g/mol. The Hall–Kier alpha value is -2.06. The Morgan fingerprint density at radius 2 is 2.00 bits per heavy atom. The van der Waals surface area contributed by atoms with Crippen molar-refractivity contribution >= 4 is 34.5 Å². The van der Waals surface area contributed by atoms with Crippen molar-refractivity contribution in [3.8, 4) is 17.2 Å². The molecule has 0 saturated heterocycles. The minimum Gasteiger partial charge on any atom is -0.490 e. The van der Waals surface area contributed by atoms with Crippen molar-refractivity contribution < 1.29 is 27.8 Å². The monoisotopic (exact) mass is 375 g/mol. The van der Waals surface area contributed by atoms with E-state index in [0.717, 1.165) is 17.8 Å². The molecule has 24 heavy (non-hydrogen) atoms. The minimum atomic E-state index is -3.01. The van der Waals surface area contributed by atoms with Crippen LogP contribution in [0.15, 0.2) is 23.6 Å². The molecule has 0 radical (unpaired) electrons. The van der Waals surface area contributed by atoms with Gasteiger partial charge in [-0.2, -0.15) is 8.78 Å². The zero-order chi connectivity index (χ0) is 17.1. The summed E-state index contributed by atoms with van der Waals surface area (Å²) in [4.78, 5) is 12.3. The third kappa shape index (κ3) is 3.70. The largest absolute Gasteiger partial charge is 0.490 e. The Morgan fingerprint density at radius 3 is 2.71 bits per heavy atom. The van der Waals surface area contributed by atoms with E-state index in [4.69, 9.17) is 21.1 Å². The van der Waals surface area contributed by atoms with Crippen LogP contribution in [0, 0.1) is 0 Å². The van der Waals surface area contributed by atoms with Gasteiger partial charge in [-0.05, 0) is 11.4 Å². The average molecular weight is 376 g/mol. The maximum Gasteiger partial charge on any atom is 0.387 e. The van der Waals surface area contributed by atoms with E-state index >= 15 is 0 Å². The molecule has 0 atom stereocenters. The highest BCUT2D eigenvalue weighted by Gasteiger charge is 2.20. The van der Waals surface area contributed by atoms with E-state index in [1.54, 1.807) is 12.1 Å². The number of ether oxygens (including phenoxy) is 3. The Bertz CT molecular complexity index is 753. The normalized spacial score (nSPS) is 13.5. The second kappa shape index (κ2) is 7.23. The number of amides is 1. The van der Waals surface area contributed by atoms with Crippen LogP contribution in [-0.4, -0.2) is 25.7 Å². The topological polar surface area (TPSA) is 56.8 Å². The van der Waals surface area contributed by atoms with E-state index in [0.29, 0.717) is 30.4 Å². The van der Waals surface area contributed by atoms with Crippen LogP contribution in [0.1, 0.15) is 16.1 Å². The summed E-state index contributed by atoms with van der Waals surface area (Å²) in [5, 5.41) is 4.31. The number of hydrogen-bond acceptors (Lipinski definition) is 5. The van der Waals surface area contributed by atoms with Gasteiger partial charge in [0.1, 0.15) is 10.6 Å². The molecule has 0 spiro atoms. The summed E-state index contributed by atoms with van der Waals surface area (Å²) in [6, 6.07) is 4.40. The van der Waals surface area contributed by atoms with Gasteiger partial charge >= 0.3 is 6.61 Å². The Morgan fingerprint density at radius 1 is 1.29 bits per heavy atom. The highest BCUT2D eigenvalue weighted by molar-refractivity contribution is 7.12. The third-order valence-corrected chi connectivity index (χ3v) is 4.34. The van der Waals surface area contributed by atoms with E-state index in [-0.39, 0.29) is 15.6 Å². The van der Waals surface area contributed by atoms with Crippen LogP contribution in [0.5, 0.6) is 17.2 Å². The number of thiophene rings is 1. The fourth-order valence-corrected chi connectivity index (χ4v) is 3.03. The highest BCUT2D eigenvalue weighted by atomic mass is 35.5. The Kier molecular flexibility index (Phi) is 5.06. The molecule has 1 aromatic carbocycles. The molecule has 0 unspecified atom stereocenters. The number of benzene rings is 1. The van der Waals surface area contributed by atoms with E-state index in [9.17, 15) is 13.6 Å². The molecule has 1 N–H and O–H groups in total. The number of rotatable bonds is 4. The van der Waals surface area contributed by atoms with Crippen molar-refractivity contribution in [3.05, 3.63) is 33.5 Å². The van der Waals surface area contributed by atoms with Crippen molar-refractivity contribution in [3.63, 3.8) is 0 Å². The molecule has 3 rings (SSSR count). The van der Waals surface area contributed by atoms with Crippen molar-refractivity contribution in [2.75, 3.05) is 18.5 Å². The fourth-order valence-electron chi connectivity index (χ4n) is 2.11. The van der Waals surface area contributed by atoms with Crippen LogP contribution in [0.25, 0.3) is 0 Å². The first-order valence-corrected chi connectivity index (χ1v) is 8.23. The van der Waals surface area contributed by atoms with Crippen LogP contribution < -0.4 is 19.5 Å². The van der Waals surface area contributed by atoms with Crippen LogP contribution in [-0.2, 0) is 0 Å². The van der Waals surface area contributed by atoms with Crippen molar-refractivity contribution in [1.82, 2.24) is 0 Å². The first kappa shape index (κ1) is 16.8. The van der Waals surface area contributed by atoms with Gasteiger partial charge in [-0.15, -0.1) is 11.3 Å². The first-order chi connectivity index (χ1) is 11.5. The van der Waals surface area contributed by atoms with Crippen molar-refractivity contribution in [2.45, 2.75) is 13.0 Å².